The second-order valence-electron chi connectivity index (χ2n) is 4.70. The Labute approximate surface area is 162 Å². The summed E-state index contributed by atoms with van der Waals surface area (Å²) < 4.78 is 32.1. The minimum absolute atomic E-state index is 0. The molecule has 0 saturated heterocycles. The van der Waals surface area contributed by atoms with Gasteiger partial charge in [0, 0.05) is 45.2 Å². The van der Waals surface area contributed by atoms with Gasteiger partial charge in [0.2, 0.25) is 0 Å². The monoisotopic (exact) mass is 404 g/mol. The molecule has 0 amide bonds. The molecule has 2 aromatic carbocycles. The van der Waals surface area contributed by atoms with Crippen LogP contribution in [0.25, 0.3) is 0 Å². The third kappa shape index (κ3) is 2.79. The first-order valence-corrected chi connectivity index (χ1v) is 8.24. The molecule has 0 spiro atoms. The molecule has 3 N–H and O–H groups in total. The molecule has 0 unspecified atom stereocenters. The predicted octanol–water partition coefficient (Wildman–Crippen LogP) is 1.67. The summed E-state index contributed by atoms with van der Waals surface area (Å²) in [6, 6.07) is 7.21. The number of halogens is 1. The van der Waals surface area contributed by atoms with Gasteiger partial charge in [-0.25, -0.2) is 0 Å². The Morgan fingerprint density at radius 2 is 1.48 bits per heavy atom. The van der Waals surface area contributed by atoms with Crippen molar-refractivity contribution in [3.05, 3.63) is 57.1 Å². The van der Waals surface area contributed by atoms with Crippen LogP contribution >= 0.6 is 15.9 Å². The molecule has 0 fully saturated rings. The first-order chi connectivity index (χ1) is 10.2. The van der Waals surface area contributed by atoms with E-state index < -0.39 is 32.3 Å². The van der Waals surface area contributed by atoms with Gasteiger partial charge in [0.25, 0.3) is 10.1 Å². The number of hydrogen-bond donors (Lipinski definition) is 2. The maximum atomic E-state index is 12.6. The molecule has 6 nitrogen and oxygen atoms in total. The van der Waals surface area contributed by atoms with E-state index in [0.29, 0.717) is 0 Å². The largest absolute Gasteiger partial charge is 0.397 e. The van der Waals surface area contributed by atoms with Crippen LogP contribution in [0.5, 0.6) is 0 Å². The number of hydrogen-bond acceptors (Lipinski definition) is 5. The third-order valence-electron chi connectivity index (χ3n) is 3.43. The zero-order chi connectivity index (χ0) is 16.2. The summed E-state index contributed by atoms with van der Waals surface area (Å²) in [4.78, 5) is 24.5. The SMILES string of the molecule is Nc1c(S(=O)(=O)O)cc(Br)c2c1C(=O)c1ccccc1C2=O.[Na]. The molecule has 1 radical (unpaired) electrons. The summed E-state index contributed by atoms with van der Waals surface area (Å²) in [6.45, 7) is 0. The number of nitrogens with two attached hydrogens (primary N) is 1. The van der Waals surface area contributed by atoms with E-state index in [2.05, 4.69) is 15.9 Å². The Kier molecular flexibility index (Phi) is 4.87. The topological polar surface area (TPSA) is 115 Å². The van der Waals surface area contributed by atoms with Crippen molar-refractivity contribution in [2.24, 2.45) is 0 Å². The summed E-state index contributed by atoms with van der Waals surface area (Å²) in [5.41, 5.74) is 5.44. The molecule has 3 rings (SSSR count). The van der Waals surface area contributed by atoms with Crippen molar-refractivity contribution in [2.45, 2.75) is 4.90 Å². The van der Waals surface area contributed by atoms with Gasteiger partial charge in [0.1, 0.15) is 4.90 Å². The molecule has 2 aromatic rings. The van der Waals surface area contributed by atoms with E-state index in [0.717, 1.165) is 6.07 Å². The minimum atomic E-state index is -4.63. The summed E-state index contributed by atoms with van der Waals surface area (Å²) in [6.07, 6.45) is 0. The first-order valence-electron chi connectivity index (χ1n) is 6.01. The van der Waals surface area contributed by atoms with Crippen LogP contribution in [0.1, 0.15) is 31.8 Å². The van der Waals surface area contributed by atoms with Crippen molar-refractivity contribution in [2.75, 3.05) is 5.73 Å². The number of rotatable bonds is 1. The average Bonchev–Trinajstić information content (AvgIpc) is 2.45. The Morgan fingerprint density at radius 3 is 1.96 bits per heavy atom. The zero-order valence-electron chi connectivity index (χ0n) is 11.8. The molecule has 0 aliphatic heterocycles. The van der Waals surface area contributed by atoms with Gasteiger partial charge >= 0.3 is 0 Å². The summed E-state index contributed by atoms with van der Waals surface area (Å²) in [5.74, 6) is -1.00. The van der Waals surface area contributed by atoms with E-state index in [4.69, 9.17) is 5.73 Å². The first kappa shape index (κ1) is 18.3. The Balaban J connectivity index is 0.00000192. The predicted molar refractivity (Wildman–Crippen MR) is 87.4 cm³/mol. The number of fused-ring (bicyclic) bond motifs is 2. The molecule has 0 heterocycles. The van der Waals surface area contributed by atoms with Gasteiger partial charge in [-0.15, -0.1) is 0 Å². The molecular formula is C14H8BrNNaO5S. The van der Waals surface area contributed by atoms with Crippen LogP contribution in [0.4, 0.5) is 5.69 Å². The standard InChI is InChI=1S/C14H8BrNO5S.Na/c15-8-5-9(22(19,20)21)12(16)11-10(8)13(17)6-3-1-2-4-7(6)14(11)18;/h1-5H,16H2,(H,19,20,21);. The number of benzene rings is 2. The van der Waals surface area contributed by atoms with Crippen LogP contribution in [-0.2, 0) is 10.1 Å². The van der Waals surface area contributed by atoms with Gasteiger partial charge in [-0.2, -0.15) is 8.42 Å². The van der Waals surface area contributed by atoms with E-state index in [1.807, 2.05) is 0 Å². The number of nitrogen functional groups attached to an aromatic ring is 1. The zero-order valence-corrected chi connectivity index (χ0v) is 16.2. The van der Waals surface area contributed by atoms with Crippen molar-refractivity contribution >= 4 is 72.9 Å². The van der Waals surface area contributed by atoms with Crippen LogP contribution < -0.4 is 5.73 Å². The molecule has 9 heteroatoms. The van der Waals surface area contributed by atoms with Crippen molar-refractivity contribution < 1.29 is 22.6 Å². The molecule has 113 valence electrons. The average molecular weight is 405 g/mol. The van der Waals surface area contributed by atoms with Gasteiger partial charge < -0.3 is 5.73 Å². The van der Waals surface area contributed by atoms with E-state index in [-0.39, 0.29) is 56.3 Å². The fraction of sp³-hybridized carbons (Fsp3) is 0. The maximum absolute atomic E-state index is 12.6. The van der Waals surface area contributed by atoms with E-state index in [1.54, 1.807) is 12.1 Å². The van der Waals surface area contributed by atoms with Gasteiger partial charge in [0.05, 0.1) is 16.8 Å². The quantitative estimate of drug-likeness (QED) is 0.362. The number of carbonyl (C=O) groups is 2. The van der Waals surface area contributed by atoms with Crippen molar-refractivity contribution in [3.63, 3.8) is 0 Å². The van der Waals surface area contributed by atoms with Gasteiger partial charge in [-0.3, -0.25) is 14.1 Å². The number of carbonyl (C=O) groups excluding carboxylic acids is 2. The molecule has 0 saturated carbocycles. The van der Waals surface area contributed by atoms with Crippen molar-refractivity contribution in [3.8, 4) is 0 Å². The van der Waals surface area contributed by atoms with E-state index >= 15 is 0 Å². The third-order valence-corrected chi connectivity index (χ3v) is 4.95. The van der Waals surface area contributed by atoms with Crippen LogP contribution in [0.2, 0.25) is 0 Å². The molecule has 0 atom stereocenters. The summed E-state index contributed by atoms with van der Waals surface area (Å²) >= 11 is 3.08. The van der Waals surface area contributed by atoms with Crippen molar-refractivity contribution in [1.29, 1.82) is 0 Å². The van der Waals surface area contributed by atoms with Gasteiger partial charge in [0.15, 0.2) is 11.6 Å². The molecule has 1 aliphatic carbocycles. The summed E-state index contributed by atoms with van der Waals surface area (Å²) in [5, 5.41) is 0. The maximum Gasteiger partial charge on any atom is 0.296 e. The normalized spacial score (nSPS) is 13.1. The minimum Gasteiger partial charge on any atom is -0.397 e. The molecular weight excluding hydrogens is 397 g/mol. The Hall–Kier alpha value is -1.03. The van der Waals surface area contributed by atoms with E-state index in [1.165, 1.54) is 12.1 Å². The molecule has 1 aliphatic rings. The fourth-order valence-electron chi connectivity index (χ4n) is 2.46. The van der Waals surface area contributed by atoms with E-state index in [9.17, 15) is 22.6 Å². The van der Waals surface area contributed by atoms with Crippen LogP contribution in [0.3, 0.4) is 0 Å². The van der Waals surface area contributed by atoms with Crippen molar-refractivity contribution in [1.82, 2.24) is 0 Å². The second kappa shape index (κ2) is 6.12. The second-order valence-corrected chi connectivity index (χ2v) is 6.94. The molecule has 0 bridgehead atoms. The van der Waals surface area contributed by atoms with Gasteiger partial charge in [-0.1, -0.05) is 24.3 Å². The molecule has 0 aromatic heterocycles. The number of anilines is 1. The van der Waals surface area contributed by atoms with Crippen LogP contribution in [-0.4, -0.2) is 54.1 Å². The molecule has 23 heavy (non-hydrogen) atoms. The number of ketones is 2. The smallest absolute Gasteiger partial charge is 0.296 e. The van der Waals surface area contributed by atoms with Crippen LogP contribution in [0.15, 0.2) is 39.7 Å². The fourth-order valence-corrected chi connectivity index (χ4v) is 3.87. The van der Waals surface area contributed by atoms with Crippen LogP contribution in [0, 0.1) is 0 Å². The van der Waals surface area contributed by atoms with Gasteiger partial charge in [-0.05, 0) is 22.0 Å². The summed E-state index contributed by atoms with van der Waals surface area (Å²) in [7, 11) is -4.63. The Bertz CT molecular complexity index is 971. The Morgan fingerprint density at radius 1 is 1.00 bits per heavy atom.